The maximum atomic E-state index is 13.8. The molecule has 18 heavy (non-hydrogen) atoms. The van der Waals surface area contributed by atoms with Crippen molar-refractivity contribution in [3.8, 4) is 0 Å². The van der Waals surface area contributed by atoms with E-state index in [0.717, 1.165) is 24.5 Å². The lowest BCUT2D eigenvalue weighted by atomic mass is 9.85. The maximum Gasteiger partial charge on any atom is 0.133 e. The molecule has 1 aliphatic carbocycles. The second-order valence-electron chi connectivity index (χ2n) is 5.18. The SMILES string of the molecule is CC1=C(C(C)C)C=C(c2ccc(F)cc2F)CC1. The van der Waals surface area contributed by atoms with E-state index in [1.165, 1.54) is 23.3 Å². The molecule has 0 atom stereocenters. The van der Waals surface area contributed by atoms with Gasteiger partial charge in [-0.15, -0.1) is 0 Å². The van der Waals surface area contributed by atoms with E-state index in [0.29, 0.717) is 11.5 Å². The number of rotatable bonds is 2. The third-order valence-corrected chi connectivity index (χ3v) is 3.49. The van der Waals surface area contributed by atoms with Gasteiger partial charge in [-0.2, -0.15) is 0 Å². The molecule has 0 saturated carbocycles. The van der Waals surface area contributed by atoms with Gasteiger partial charge in [0.1, 0.15) is 11.6 Å². The molecule has 0 nitrogen and oxygen atoms in total. The van der Waals surface area contributed by atoms with Crippen molar-refractivity contribution < 1.29 is 8.78 Å². The van der Waals surface area contributed by atoms with Crippen LogP contribution in [0.3, 0.4) is 0 Å². The lowest BCUT2D eigenvalue weighted by Gasteiger charge is -2.21. The quantitative estimate of drug-likeness (QED) is 0.682. The second-order valence-corrected chi connectivity index (χ2v) is 5.18. The predicted octanol–water partition coefficient (Wildman–Crippen LogP) is 5.11. The molecule has 0 heterocycles. The molecular weight excluding hydrogens is 230 g/mol. The maximum absolute atomic E-state index is 13.8. The van der Waals surface area contributed by atoms with Gasteiger partial charge < -0.3 is 0 Å². The van der Waals surface area contributed by atoms with Crippen molar-refractivity contribution in [3.63, 3.8) is 0 Å². The summed E-state index contributed by atoms with van der Waals surface area (Å²) in [6.07, 6.45) is 3.85. The Hall–Kier alpha value is -1.44. The van der Waals surface area contributed by atoms with Gasteiger partial charge in [0.25, 0.3) is 0 Å². The summed E-state index contributed by atoms with van der Waals surface area (Å²) < 4.78 is 26.7. The Bertz CT molecular complexity index is 522. The topological polar surface area (TPSA) is 0 Å². The average Bonchev–Trinajstić information content (AvgIpc) is 2.30. The Kier molecular flexibility index (Phi) is 3.65. The number of halogens is 2. The van der Waals surface area contributed by atoms with E-state index in [2.05, 4.69) is 26.8 Å². The van der Waals surface area contributed by atoms with Gasteiger partial charge in [-0.1, -0.05) is 25.5 Å². The van der Waals surface area contributed by atoms with Crippen LogP contribution in [0.2, 0.25) is 0 Å². The molecule has 0 fully saturated rings. The smallest absolute Gasteiger partial charge is 0.133 e. The molecule has 0 saturated heterocycles. The molecule has 0 radical (unpaired) electrons. The molecule has 0 amide bonds. The van der Waals surface area contributed by atoms with Crippen LogP contribution in [-0.2, 0) is 0 Å². The van der Waals surface area contributed by atoms with Crippen molar-refractivity contribution in [2.75, 3.05) is 0 Å². The first-order valence-electron chi connectivity index (χ1n) is 6.34. The van der Waals surface area contributed by atoms with E-state index in [-0.39, 0.29) is 0 Å². The Morgan fingerprint density at radius 3 is 2.44 bits per heavy atom. The van der Waals surface area contributed by atoms with Gasteiger partial charge in [0.2, 0.25) is 0 Å². The van der Waals surface area contributed by atoms with E-state index in [1.807, 2.05) is 0 Å². The van der Waals surface area contributed by atoms with Crippen molar-refractivity contribution in [2.45, 2.75) is 33.6 Å². The minimum Gasteiger partial charge on any atom is -0.207 e. The van der Waals surface area contributed by atoms with E-state index >= 15 is 0 Å². The Labute approximate surface area is 107 Å². The van der Waals surface area contributed by atoms with Crippen molar-refractivity contribution >= 4 is 5.57 Å². The molecule has 0 N–H and O–H groups in total. The number of allylic oxidation sites excluding steroid dienone is 4. The normalized spacial score (nSPS) is 16.2. The zero-order chi connectivity index (χ0) is 13.3. The van der Waals surface area contributed by atoms with Gasteiger partial charge in [-0.3, -0.25) is 0 Å². The zero-order valence-electron chi connectivity index (χ0n) is 11.1. The molecule has 1 aromatic rings. The highest BCUT2D eigenvalue weighted by atomic mass is 19.1. The van der Waals surface area contributed by atoms with Gasteiger partial charge in [0.05, 0.1) is 0 Å². The molecule has 0 bridgehead atoms. The van der Waals surface area contributed by atoms with Gasteiger partial charge in [-0.25, -0.2) is 8.78 Å². The first-order valence-corrected chi connectivity index (χ1v) is 6.34. The molecule has 0 spiro atoms. The monoisotopic (exact) mass is 248 g/mol. The summed E-state index contributed by atoms with van der Waals surface area (Å²) in [5, 5.41) is 0. The van der Waals surface area contributed by atoms with Gasteiger partial charge in [0.15, 0.2) is 0 Å². The summed E-state index contributed by atoms with van der Waals surface area (Å²) in [5.74, 6) is -0.559. The Morgan fingerprint density at radius 2 is 1.83 bits per heavy atom. The lowest BCUT2D eigenvalue weighted by Crippen LogP contribution is -2.03. The molecule has 0 unspecified atom stereocenters. The first-order chi connectivity index (χ1) is 8.49. The molecule has 0 aliphatic heterocycles. The minimum atomic E-state index is -0.525. The van der Waals surface area contributed by atoms with Gasteiger partial charge >= 0.3 is 0 Å². The molecule has 96 valence electrons. The summed E-state index contributed by atoms with van der Waals surface area (Å²) in [4.78, 5) is 0. The van der Waals surface area contributed by atoms with Crippen LogP contribution in [0.25, 0.3) is 5.57 Å². The third kappa shape index (κ3) is 2.53. The fraction of sp³-hybridized carbons (Fsp3) is 0.375. The molecule has 0 aromatic heterocycles. The van der Waals surface area contributed by atoms with E-state index < -0.39 is 11.6 Å². The largest absolute Gasteiger partial charge is 0.207 e. The summed E-state index contributed by atoms with van der Waals surface area (Å²) in [6, 6.07) is 3.81. The van der Waals surface area contributed by atoms with E-state index in [9.17, 15) is 8.78 Å². The second kappa shape index (κ2) is 5.05. The fourth-order valence-electron chi connectivity index (χ4n) is 2.47. The number of hydrogen-bond donors (Lipinski definition) is 0. The molecule has 1 aliphatic rings. The first kappa shape index (κ1) is 13.0. The molecule has 1 aromatic carbocycles. The van der Waals surface area contributed by atoms with E-state index in [4.69, 9.17) is 0 Å². The van der Waals surface area contributed by atoms with Crippen LogP contribution in [0.5, 0.6) is 0 Å². The highest BCUT2D eigenvalue weighted by Gasteiger charge is 2.16. The summed E-state index contributed by atoms with van der Waals surface area (Å²) in [5.41, 5.74) is 4.15. The Morgan fingerprint density at radius 1 is 1.11 bits per heavy atom. The van der Waals surface area contributed by atoms with Crippen LogP contribution < -0.4 is 0 Å². The lowest BCUT2D eigenvalue weighted by molar-refractivity contribution is 0.580. The van der Waals surface area contributed by atoms with Crippen LogP contribution in [0.1, 0.15) is 39.2 Å². The fourth-order valence-corrected chi connectivity index (χ4v) is 2.47. The van der Waals surface area contributed by atoms with Crippen LogP contribution in [-0.4, -0.2) is 0 Å². The summed E-state index contributed by atoms with van der Waals surface area (Å²) in [7, 11) is 0. The summed E-state index contributed by atoms with van der Waals surface area (Å²) >= 11 is 0. The van der Waals surface area contributed by atoms with Crippen LogP contribution >= 0.6 is 0 Å². The summed E-state index contributed by atoms with van der Waals surface area (Å²) in [6.45, 7) is 6.40. The minimum absolute atomic E-state index is 0.434. The molecule has 2 rings (SSSR count). The van der Waals surface area contributed by atoms with Crippen LogP contribution in [0, 0.1) is 17.6 Å². The number of hydrogen-bond acceptors (Lipinski definition) is 0. The highest BCUT2D eigenvalue weighted by Crippen LogP contribution is 2.34. The zero-order valence-corrected chi connectivity index (χ0v) is 11.1. The Balaban J connectivity index is 2.43. The third-order valence-electron chi connectivity index (χ3n) is 3.49. The van der Waals surface area contributed by atoms with Gasteiger partial charge in [-0.05, 0) is 49.0 Å². The molecule has 2 heteroatoms. The predicted molar refractivity (Wildman–Crippen MR) is 71.1 cm³/mol. The van der Waals surface area contributed by atoms with E-state index in [1.54, 1.807) is 0 Å². The highest BCUT2D eigenvalue weighted by molar-refractivity contribution is 5.70. The van der Waals surface area contributed by atoms with Crippen LogP contribution in [0.15, 0.2) is 35.4 Å². The van der Waals surface area contributed by atoms with Crippen molar-refractivity contribution in [1.82, 2.24) is 0 Å². The van der Waals surface area contributed by atoms with Crippen molar-refractivity contribution in [1.29, 1.82) is 0 Å². The van der Waals surface area contributed by atoms with Gasteiger partial charge in [0, 0.05) is 11.6 Å². The molecular formula is C16H18F2. The van der Waals surface area contributed by atoms with Crippen molar-refractivity contribution in [2.24, 2.45) is 5.92 Å². The standard InChI is InChI=1S/C16H18F2/c1-10(2)15-8-12(5-4-11(15)3)14-7-6-13(17)9-16(14)18/h6-10H,4-5H2,1-3H3. The van der Waals surface area contributed by atoms with Crippen molar-refractivity contribution in [3.05, 3.63) is 52.6 Å². The van der Waals surface area contributed by atoms with Crippen LogP contribution in [0.4, 0.5) is 8.78 Å². The number of benzene rings is 1. The average molecular weight is 248 g/mol.